The summed E-state index contributed by atoms with van der Waals surface area (Å²) in [6.45, 7) is 2.07. The third-order valence-corrected chi connectivity index (χ3v) is 1.56. The van der Waals surface area contributed by atoms with E-state index in [2.05, 4.69) is 0 Å². The first-order valence-electron chi connectivity index (χ1n) is 3.93. The van der Waals surface area contributed by atoms with E-state index in [0.717, 1.165) is 0 Å². The maximum Gasteiger partial charge on any atom is 1.00 e. The van der Waals surface area contributed by atoms with Gasteiger partial charge < -0.3 is 16.2 Å². The Morgan fingerprint density at radius 3 is 2.53 bits per heavy atom. The molecule has 0 atom stereocenters. The molecule has 1 aromatic rings. The van der Waals surface area contributed by atoms with Crippen molar-refractivity contribution in [3.05, 3.63) is 29.5 Å². The largest absolute Gasteiger partial charge is 1.00 e. The van der Waals surface area contributed by atoms with Crippen LogP contribution in [0, 0.1) is 0 Å². The van der Waals surface area contributed by atoms with Crippen LogP contribution >= 0.6 is 0 Å². The molecular formula is C9H11Cs2N2O2+. The van der Waals surface area contributed by atoms with Gasteiger partial charge in [-0.3, -0.25) is 0 Å². The zero-order valence-corrected chi connectivity index (χ0v) is 21.9. The first-order chi connectivity index (χ1) is 6.15. The van der Waals surface area contributed by atoms with E-state index in [4.69, 9.17) is 16.2 Å². The van der Waals surface area contributed by atoms with Gasteiger partial charge in [-0.1, -0.05) is 6.07 Å². The maximum absolute atomic E-state index is 11.2. The van der Waals surface area contributed by atoms with Gasteiger partial charge in [0.1, 0.15) is 0 Å². The van der Waals surface area contributed by atoms with Gasteiger partial charge in [0, 0.05) is 5.69 Å². The average Bonchev–Trinajstić information content (AvgIpc) is 2.10. The fraction of sp³-hybridized carbons (Fsp3) is 0.222. The van der Waals surface area contributed by atoms with Crippen LogP contribution in [0.4, 0.5) is 11.4 Å². The molecule has 0 amide bonds. The summed E-state index contributed by atoms with van der Waals surface area (Å²) in [5.41, 5.74) is 13.6. The number of nitrogen functional groups attached to an aromatic ring is 1. The van der Waals surface area contributed by atoms with Crippen molar-refractivity contribution in [2.45, 2.75) is 6.92 Å². The van der Waals surface area contributed by atoms with Gasteiger partial charge in [-0.25, -0.2) is 4.79 Å². The number of nitrogens with two attached hydrogens (primary N) is 1. The topological polar surface area (TPSA) is 76.1 Å². The van der Waals surface area contributed by atoms with Gasteiger partial charge in [-0.15, -0.1) is 5.69 Å². The minimum atomic E-state index is -0.408. The van der Waals surface area contributed by atoms with E-state index in [1.165, 1.54) is 18.2 Å². The molecule has 3 N–H and O–H groups in total. The fourth-order valence-corrected chi connectivity index (χ4v) is 0.904. The normalized spacial score (nSPS) is 8.33. The summed E-state index contributed by atoms with van der Waals surface area (Å²) < 4.78 is 4.77. The van der Waals surface area contributed by atoms with Gasteiger partial charge in [-0.05, 0) is 19.1 Å². The van der Waals surface area contributed by atoms with Crippen molar-refractivity contribution < 1.29 is 147 Å². The van der Waals surface area contributed by atoms with Crippen LogP contribution in [0.25, 0.3) is 5.73 Å². The van der Waals surface area contributed by atoms with E-state index >= 15 is 0 Å². The molecule has 0 aliphatic heterocycles. The average molecular weight is 445 g/mol. The molecule has 1 aromatic carbocycles. The molecule has 70 valence electrons. The molecule has 0 saturated carbocycles. The summed E-state index contributed by atoms with van der Waals surface area (Å²) in [6.07, 6.45) is 0. The van der Waals surface area contributed by atoms with E-state index < -0.39 is 5.97 Å². The minimum Gasteiger partial charge on any atom is -0.697 e. The second-order valence-electron chi connectivity index (χ2n) is 2.52. The van der Waals surface area contributed by atoms with Crippen molar-refractivity contribution in [1.29, 1.82) is 0 Å². The molecule has 0 saturated heterocycles. The van der Waals surface area contributed by atoms with Crippen LogP contribution in [-0.2, 0) is 4.74 Å². The summed E-state index contributed by atoms with van der Waals surface area (Å²) in [7, 11) is 0. The predicted octanol–water partition coefficient (Wildman–Crippen LogP) is -3.86. The monoisotopic (exact) mass is 445 g/mol. The zero-order chi connectivity index (χ0) is 9.84. The van der Waals surface area contributed by atoms with Crippen molar-refractivity contribution in [1.82, 2.24) is 0 Å². The fourth-order valence-electron chi connectivity index (χ4n) is 0.904. The van der Waals surface area contributed by atoms with Crippen LogP contribution in [0.3, 0.4) is 0 Å². The standard InChI is InChI=1S/C9H12N2O2.2Cs/c1-2-13-9(12)6-3-4-7(10)8(11)5-6;;/h3-5H,2,11H2,1H3,(H2,10,12);;/q;2*+1/p-1. The van der Waals surface area contributed by atoms with Gasteiger partial charge >= 0.3 is 144 Å². The van der Waals surface area contributed by atoms with E-state index in [-0.39, 0.29) is 149 Å². The Balaban J connectivity index is 0. The van der Waals surface area contributed by atoms with Crippen LogP contribution in [0.5, 0.6) is 0 Å². The van der Waals surface area contributed by atoms with Crippen molar-refractivity contribution >= 4 is 17.3 Å². The van der Waals surface area contributed by atoms with Crippen LogP contribution < -0.4 is 144 Å². The zero-order valence-electron chi connectivity index (χ0n) is 9.33. The van der Waals surface area contributed by atoms with Gasteiger partial charge in [0.15, 0.2) is 0 Å². The molecule has 0 radical (unpaired) electrons. The van der Waals surface area contributed by atoms with Crippen LogP contribution in [-0.4, -0.2) is 12.6 Å². The molecule has 0 aliphatic rings. The number of nitrogens with one attached hydrogen (secondary N) is 1. The number of rotatable bonds is 2. The SMILES string of the molecule is CCOC(=O)c1ccc([NH-])c(N)c1.[Cs+].[Cs+]. The number of benzene rings is 1. The molecule has 0 bridgehead atoms. The van der Waals surface area contributed by atoms with E-state index in [9.17, 15) is 4.79 Å². The Labute approximate surface area is 207 Å². The van der Waals surface area contributed by atoms with Gasteiger partial charge in [0.25, 0.3) is 0 Å². The summed E-state index contributed by atoms with van der Waals surface area (Å²) in [4.78, 5) is 11.2. The molecule has 6 heteroatoms. The molecule has 0 spiro atoms. The molecule has 0 aromatic heterocycles. The molecule has 0 heterocycles. The van der Waals surface area contributed by atoms with Gasteiger partial charge in [0.05, 0.1) is 12.2 Å². The van der Waals surface area contributed by atoms with Crippen molar-refractivity contribution in [3.63, 3.8) is 0 Å². The van der Waals surface area contributed by atoms with Crippen molar-refractivity contribution in [2.24, 2.45) is 0 Å². The second-order valence-corrected chi connectivity index (χ2v) is 2.52. The van der Waals surface area contributed by atoms with Gasteiger partial charge in [-0.2, -0.15) is 0 Å². The van der Waals surface area contributed by atoms with Crippen molar-refractivity contribution in [2.75, 3.05) is 12.3 Å². The molecule has 0 fully saturated rings. The summed E-state index contributed by atoms with van der Waals surface area (Å²) >= 11 is 0. The number of hydrogen-bond acceptors (Lipinski definition) is 3. The Morgan fingerprint density at radius 1 is 1.47 bits per heavy atom. The summed E-state index contributed by atoms with van der Waals surface area (Å²) in [5, 5.41) is 0. The number of hydrogen-bond donors (Lipinski definition) is 1. The van der Waals surface area contributed by atoms with Gasteiger partial charge in [0.2, 0.25) is 0 Å². The summed E-state index contributed by atoms with van der Waals surface area (Å²) in [6, 6.07) is 4.44. The van der Waals surface area contributed by atoms with Crippen LogP contribution in [0.15, 0.2) is 18.2 Å². The molecule has 4 nitrogen and oxygen atoms in total. The first-order valence-corrected chi connectivity index (χ1v) is 3.93. The third kappa shape index (κ3) is 6.77. The van der Waals surface area contributed by atoms with Crippen LogP contribution in [0.1, 0.15) is 17.3 Å². The Hall–Kier alpha value is 2.39. The molecular weight excluding hydrogens is 434 g/mol. The predicted molar refractivity (Wildman–Crippen MR) is 50.8 cm³/mol. The second kappa shape index (κ2) is 10.3. The third-order valence-electron chi connectivity index (χ3n) is 1.56. The Bertz CT molecular complexity index is 332. The Kier molecular flexibility index (Phi) is 13.6. The summed E-state index contributed by atoms with van der Waals surface area (Å²) in [5.74, 6) is -0.408. The number of esters is 1. The molecule has 1 rings (SSSR count). The maximum atomic E-state index is 11.2. The molecule has 15 heavy (non-hydrogen) atoms. The van der Waals surface area contributed by atoms with E-state index in [1.54, 1.807) is 6.92 Å². The van der Waals surface area contributed by atoms with Crippen molar-refractivity contribution in [3.8, 4) is 0 Å². The minimum absolute atomic E-state index is 0. The van der Waals surface area contributed by atoms with Crippen LogP contribution in [0.2, 0.25) is 0 Å². The smallest absolute Gasteiger partial charge is 0.697 e. The number of ether oxygens (including phenoxy) is 1. The number of carbonyl (C=O) groups excluding carboxylic acids is 1. The molecule has 0 aliphatic carbocycles. The quantitative estimate of drug-likeness (QED) is 0.375. The van der Waals surface area contributed by atoms with E-state index in [0.29, 0.717) is 12.2 Å². The number of carbonyl (C=O) groups is 1. The Morgan fingerprint density at radius 2 is 2.07 bits per heavy atom. The first kappa shape index (κ1) is 19.7. The number of anilines is 1. The van der Waals surface area contributed by atoms with E-state index in [1.807, 2.05) is 0 Å². The molecule has 0 unspecified atom stereocenters.